The van der Waals surface area contributed by atoms with Crippen LogP contribution in [0, 0.1) is 5.41 Å². The van der Waals surface area contributed by atoms with Crippen LogP contribution in [-0.2, 0) is 17.6 Å². The Labute approximate surface area is 131 Å². The number of nitrogens with two attached hydrogens (primary N) is 1. The van der Waals surface area contributed by atoms with Crippen LogP contribution in [0.3, 0.4) is 0 Å². The summed E-state index contributed by atoms with van der Waals surface area (Å²) in [6, 6.07) is 0. The number of hydrogen-bond acceptors (Lipinski definition) is 4. The molecule has 21 heavy (non-hydrogen) atoms. The van der Waals surface area contributed by atoms with Crippen molar-refractivity contribution in [1.82, 2.24) is 10.3 Å². The van der Waals surface area contributed by atoms with Crippen LogP contribution in [0.5, 0.6) is 0 Å². The first kappa shape index (κ1) is 16.4. The molecule has 1 aromatic rings. The SMILES string of the molecule is CCc1nc(CCNC(=O)CC2(CN)CCCCC2)cs1. The van der Waals surface area contributed by atoms with Gasteiger partial charge in [-0.1, -0.05) is 26.2 Å². The van der Waals surface area contributed by atoms with Gasteiger partial charge in [0.1, 0.15) is 0 Å². The molecule has 0 bridgehead atoms. The van der Waals surface area contributed by atoms with Crippen molar-refractivity contribution in [3.05, 3.63) is 16.1 Å². The highest BCUT2D eigenvalue weighted by atomic mass is 32.1. The molecule has 4 nitrogen and oxygen atoms in total. The fourth-order valence-corrected chi connectivity index (χ4v) is 3.89. The average molecular weight is 309 g/mol. The van der Waals surface area contributed by atoms with E-state index in [1.807, 2.05) is 0 Å². The highest BCUT2D eigenvalue weighted by Gasteiger charge is 2.32. The van der Waals surface area contributed by atoms with Gasteiger partial charge in [-0.3, -0.25) is 4.79 Å². The molecule has 0 spiro atoms. The van der Waals surface area contributed by atoms with Crippen molar-refractivity contribution < 1.29 is 4.79 Å². The molecular formula is C16H27N3OS. The lowest BCUT2D eigenvalue weighted by Crippen LogP contribution is -2.39. The average Bonchev–Trinajstić information content (AvgIpc) is 2.96. The number of aryl methyl sites for hydroxylation is 1. The second kappa shape index (κ2) is 7.90. The van der Waals surface area contributed by atoms with Crippen molar-refractivity contribution in [1.29, 1.82) is 0 Å². The van der Waals surface area contributed by atoms with Crippen LogP contribution < -0.4 is 11.1 Å². The molecule has 0 aromatic carbocycles. The Morgan fingerprint density at radius 3 is 2.81 bits per heavy atom. The second-order valence-electron chi connectivity index (χ2n) is 6.13. The van der Waals surface area contributed by atoms with Gasteiger partial charge in [0.15, 0.2) is 0 Å². The Hall–Kier alpha value is -0.940. The molecule has 1 aliphatic carbocycles. The maximum Gasteiger partial charge on any atom is 0.220 e. The maximum atomic E-state index is 12.1. The molecule has 1 saturated carbocycles. The highest BCUT2D eigenvalue weighted by molar-refractivity contribution is 7.09. The van der Waals surface area contributed by atoms with Gasteiger partial charge in [-0.05, 0) is 31.2 Å². The van der Waals surface area contributed by atoms with Gasteiger partial charge in [-0.25, -0.2) is 4.98 Å². The number of hydrogen-bond donors (Lipinski definition) is 2. The van der Waals surface area contributed by atoms with Gasteiger partial charge >= 0.3 is 0 Å². The zero-order valence-corrected chi connectivity index (χ0v) is 13.8. The smallest absolute Gasteiger partial charge is 0.220 e. The number of rotatable bonds is 7. The zero-order valence-electron chi connectivity index (χ0n) is 13.0. The number of nitrogens with one attached hydrogen (secondary N) is 1. The third kappa shape index (κ3) is 4.78. The lowest BCUT2D eigenvalue weighted by molar-refractivity contribution is -0.123. The van der Waals surface area contributed by atoms with Gasteiger partial charge in [0.05, 0.1) is 10.7 Å². The van der Waals surface area contributed by atoms with Gasteiger partial charge in [0.25, 0.3) is 0 Å². The quantitative estimate of drug-likeness (QED) is 0.813. The summed E-state index contributed by atoms with van der Waals surface area (Å²) in [4.78, 5) is 16.7. The minimum Gasteiger partial charge on any atom is -0.356 e. The molecule has 2 rings (SSSR count). The predicted octanol–water partition coefficient (Wildman–Crippen LogP) is 2.66. The standard InChI is InChI=1S/C16H27N3OS/c1-2-15-19-13(11-21-15)6-9-18-14(20)10-16(12-17)7-4-3-5-8-16/h11H,2-10,12,17H2,1H3,(H,18,20). The molecule has 0 saturated heterocycles. The topological polar surface area (TPSA) is 68.0 Å². The van der Waals surface area contributed by atoms with Crippen LogP contribution in [-0.4, -0.2) is 24.0 Å². The van der Waals surface area contributed by atoms with Crippen molar-refractivity contribution >= 4 is 17.2 Å². The number of thiazole rings is 1. The first-order chi connectivity index (χ1) is 10.2. The molecule has 0 aliphatic heterocycles. The molecule has 3 N–H and O–H groups in total. The number of aromatic nitrogens is 1. The van der Waals surface area contributed by atoms with Crippen molar-refractivity contribution in [2.75, 3.05) is 13.1 Å². The molecular weight excluding hydrogens is 282 g/mol. The highest BCUT2D eigenvalue weighted by Crippen LogP contribution is 2.38. The summed E-state index contributed by atoms with van der Waals surface area (Å²) in [5, 5.41) is 6.29. The minimum atomic E-state index is 0.0539. The Morgan fingerprint density at radius 2 is 2.19 bits per heavy atom. The molecule has 0 atom stereocenters. The first-order valence-corrected chi connectivity index (χ1v) is 8.95. The summed E-state index contributed by atoms with van der Waals surface area (Å²) in [6.45, 7) is 3.42. The van der Waals surface area contributed by atoms with E-state index in [9.17, 15) is 4.79 Å². The van der Waals surface area contributed by atoms with E-state index in [4.69, 9.17) is 5.73 Å². The largest absolute Gasteiger partial charge is 0.356 e. The third-order valence-corrected chi connectivity index (χ3v) is 5.53. The Bertz CT molecular complexity index is 452. The van der Waals surface area contributed by atoms with Crippen molar-refractivity contribution in [3.8, 4) is 0 Å². The molecule has 1 fully saturated rings. The van der Waals surface area contributed by atoms with Crippen LogP contribution in [0.25, 0.3) is 0 Å². The van der Waals surface area contributed by atoms with Crippen molar-refractivity contribution in [2.45, 2.75) is 58.3 Å². The fourth-order valence-electron chi connectivity index (χ4n) is 3.11. The van der Waals surface area contributed by atoms with Crippen LogP contribution in [0.4, 0.5) is 0 Å². The minimum absolute atomic E-state index is 0.0539. The van der Waals surface area contributed by atoms with Crippen LogP contribution >= 0.6 is 11.3 Å². The molecule has 118 valence electrons. The van der Waals surface area contributed by atoms with E-state index in [2.05, 4.69) is 22.6 Å². The van der Waals surface area contributed by atoms with Gasteiger partial charge in [-0.15, -0.1) is 11.3 Å². The zero-order chi connectivity index (χ0) is 15.1. The third-order valence-electron chi connectivity index (χ3n) is 4.49. The van der Waals surface area contributed by atoms with Crippen molar-refractivity contribution in [3.63, 3.8) is 0 Å². The lowest BCUT2D eigenvalue weighted by Gasteiger charge is -2.35. The normalized spacial score (nSPS) is 17.6. The van der Waals surface area contributed by atoms with Gasteiger partial charge in [0, 0.05) is 24.8 Å². The van der Waals surface area contributed by atoms with E-state index in [0.29, 0.717) is 19.5 Å². The second-order valence-corrected chi connectivity index (χ2v) is 7.07. The van der Waals surface area contributed by atoms with Gasteiger partial charge in [0.2, 0.25) is 5.91 Å². The van der Waals surface area contributed by atoms with Crippen LogP contribution in [0.1, 0.15) is 56.2 Å². The maximum absolute atomic E-state index is 12.1. The number of nitrogens with zero attached hydrogens (tertiary/aromatic N) is 1. The van der Waals surface area contributed by atoms with E-state index < -0.39 is 0 Å². The summed E-state index contributed by atoms with van der Waals surface area (Å²) in [5.74, 6) is 0.147. The number of carbonyl (C=O) groups excluding carboxylic acids is 1. The summed E-state index contributed by atoms with van der Waals surface area (Å²) in [7, 11) is 0. The molecule has 1 amide bonds. The Morgan fingerprint density at radius 1 is 1.43 bits per heavy atom. The number of amides is 1. The van der Waals surface area contributed by atoms with E-state index >= 15 is 0 Å². The molecule has 0 radical (unpaired) electrons. The summed E-state index contributed by atoms with van der Waals surface area (Å²) < 4.78 is 0. The first-order valence-electron chi connectivity index (χ1n) is 8.07. The van der Waals surface area contributed by atoms with E-state index in [1.165, 1.54) is 24.3 Å². The van der Waals surface area contributed by atoms with Crippen LogP contribution in [0.15, 0.2) is 5.38 Å². The lowest BCUT2D eigenvalue weighted by atomic mass is 9.71. The Balaban J connectivity index is 1.73. The summed E-state index contributed by atoms with van der Waals surface area (Å²) in [5.41, 5.74) is 7.08. The molecule has 5 heteroatoms. The monoisotopic (exact) mass is 309 g/mol. The van der Waals surface area contributed by atoms with Crippen LogP contribution in [0.2, 0.25) is 0 Å². The fraction of sp³-hybridized carbons (Fsp3) is 0.750. The van der Waals surface area contributed by atoms with Gasteiger partial charge < -0.3 is 11.1 Å². The summed E-state index contributed by atoms with van der Waals surface area (Å²) >= 11 is 1.70. The van der Waals surface area contributed by atoms with E-state index in [-0.39, 0.29) is 11.3 Å². The van der Waals surface area contributed by atoms with Crippen molar-refractivity contribution in [2.24, 2.45) is 11.1 Å². The molecule has 1 aromatic heterocycles. The molecule has 1 heterocycles. The van der Waals surface area contributed by atoms with E-state index in [1.54, 1.807) is 11.3 Å². The Kier molecular flexibility index (Phi) is 6.18. The predicted molar refractivity (Wildman–Crippen MR) is 87.4 cm³/mol. The van der Waals surface area contributed by atoms with E-state index in [0.717, 1.165) is 31.4 Å². The van der Waals surface area contributed by atoms with Gasteiger partial charge in [-0.2, -0.15) is 0 Å². The number of carbonyl (C=O) groups is 1. The summed E-state index contributed by atoms with van der Waals surface area (Å²) in [6.07, 6.45) is 8.29. The molecule has 0 unspecified atom stereocenters. The molecule has 1 aliphatic rings.